The molecule has 2 aromatic carbocycles. The highest BCUT2D eigenvalue weighted by atomic mass is 32.1. The number of rotatable bonds is 5. The second kappa shape index (κ2) is 7.25. The highest BCUT2D eigenvalue weighted by Gasteiger charge is 2.06. The van der Waals surface area contributed by atoms with E-state index in [1.165, 1.54) is 23.8 Å². The number of benzene rings is 2. The van der Waals surface area contributed by atoms with E-state index in [-0.39, 0.29) is 5.97 Å². The summed E-state index contributed by atoms with van der Waals surface area (Å²) >= 11 is 1.71. The number of methoxy groups -OCH3 is 1. The van der Waals surface area contributed by atoms with Gasteiger partial charge in [0.15, 0.2) is 0 Å². The summed E-state index contributed by atoms with van der Waals surface area (Å²) in [5.74, 6) is -0.286. The molecule has 3 heteroatoms. The van der Waals surface area contributed by atoms with Crippen LogP contribution in [-0.2, 0) is 17.6 Å². The molecule has 0 amide bonds. The van der Waals surface area contributed by atoms with Gasteiger partial charge in [-0.05, 0) is 64.1 Å². The van der Waals surface area contributed by atoms with E-state index in [4.69, 9.17) is 4.74 Å². The Morgan fingerprint density at radius 3 is 2.39 bits per heavy atom. The highest BCUT2D eigenvalue weighted by Crippen LogP contribution is 2.23. The summed E-state index contributed by atoms with van der Waals surface area (Å²) in [6, 6.07) is 18.4. The lowest BCUT2D eigenvalue weighted by atomic mass is 10.00. The third-order valence-corrected chi connectivity index (χ3v) is 4.52. The minimum absolute atomic E-state index is 0.286. The minimum atomic E-state index is -0.286. The fourth-order valence-electron chi connectivity index (χ4n) is 2.60. The SMILES string of the molecule is COC(=O)c1cccc(CCc2cccc(-c3ccsc3)c2)c1. The van der Waals surface area contributed by atoms with Crippen LogP contribution in [0.25, 0.3) is 11.1 Å². The van der Waals surface area contributed by atoms with Crippen molar-refractivity contribution in [2.45, 2.75) is 12.8 Å². The molecule has 0 aliphatic rings. The molecule has 0 aliphatic heterocycles. The normalized spacial score (nSPS) is 10.5. The van der Waals surface area contributed by atoms with Crippen LogP contribution in [0.1, 0.15) is 21.5 Å². The quantitative estimate of drug-likeness (QED) is 0.619. The van der Waals surface area contributed by atoms with Crippen molar-refractivity contribution < 1.29 is 9.53 Å². The molecular weight excluding hydrogens is 304 g/mol. The molecule has 0 spiro atoms. The Bertz CT molecular complexity index is 791. The van der Waals surface area contributed by atoms with Gasteiger partial charge in [0.2, 0.25) is 0 Å². The number of carbonyl (C=O) groups is 1. The molecule has 0 bridgehead atoms. The van der Waals surface area contributed by atoms with Gasteiger partial charge >= 0.3 is 5.97 Å². The Kier molecular flexibility index (Phi) is 4.89. The van der Waals surface area contributed by atoms with Gasteiger partial charge < -0.3 is 4.74 Å². The third kappa shape index (κ3) is 3.88. The maximum absolute atomic E-state index is 11.6. The predicted octanol–water partition coefficient (Wildman–Crippen LogP) is 4.99. The average Bonchev–Trinajstić information content (AvgIpc) is 3.14. The van der Waals surface area contributed by atoms with Crippen molar-refractivity contribution in [3.63, 3.8) is 0 Å². The van der Waals surface area contributed by atoms with Gasteiger partial charge in [0.25, 0.3) is 0 Å². The van der Waals surface area contributed by atoms with E-state index in [1.807, 2.05) is 12.1 Å². The Balaban J connectivity index is 1.71. The van der Waals surface area contributed by atoms with E-state index < -0.39 is 0 Å². The molecule has 116 valence electrons. The van der Waals surface area contributed by atoms with Crippen molar-refractivity contribution in [3.8, 4) is 11.1 Å². The van der Waals surface area contributed by atoms with Gasteiger partial charge in [-0.25, -0.2) is 4.79 Å². The van der Waals surface area contributed by atoms with Gasteiger partial charge in [0.05, 0.1) is 12.7 Å². The van der Waals surface area contributed by atoms with E-state index in [1.54, 1.807) is 17.4 Å². The van der Waals surface area contributed by atoms with Crippen molar-refractivity contribution in [3.05, 3.63) is 82.0 Å². The van der Waals surface area contributed by atoms with Gasteiger partial charge in [0, 0.05) is 0 Å². The van der Waals surface area contributed by atoms with Gasteiger partial charge in [-0.2, -0.15) is 11.3 Å². The summed E-state index contributed by atoms with van der Waals surface area (Å²) in [7, 11) is 1.41. The number of thiophene rings is 1. The maximum Gasteiger partial charge on any atom is 0.337 e. The number of hydrogen-bond acceptors (Lipinski definition) is 3. The van der Waals surface area contributed by atoms with Gasteiger partial charge in [-0.15, -0.1) is 0 Å². The minimum Gasteiger partial charge on any atom is -0.465 e. The molecule has 1 aromatic heterocycles. The second-order valence-electron chi connectivity index (χ2n) is 5.40. The van der Waals surface area contributed by atoms with Crippen LogP contribution in [0, 0.1) is 0 Å². The Labute approximate surface area is 140 Å². The summed E-state index contributed by atoms with van der Waals surface area (Å²) in [6.07, 6.45) is 1.85. The summed E-state index contributed by atoms with van der Waals surface area (Å²) in [5.41, 5.74) is 5.58. The molecule has 3 rings (SSSR count). The zero-order chi connectivity index (χ0) is 16.1. The van der Waals surface area contributed by atoms with Crippen molar-refractivity contribution in [1.82, 2.24) is 0 Å². The van der Waals surface area contributed by atoms with Crippen LogP contribution in [0.4, 0.5) is 0 Å². The van der Waals surface area contributed by atoms with Crippen molar-refractivity contribution in [1.29, 1.82) is 0 Å². The fourth-order valence-corrected chi connectivity index (χ4v) is 3.26. The number of hydrogen-bond donors (Lipinski definition) is 0. The predicted molar refractivity (Wildman–Crippen MR) is 94.9 cm³/mol. The average molecular weight is 322 g/mol. The van der Waals surface area contributed by atoms with Crippen molar-refractivity contribution >= 4 is 17.3 Å². The van der Waals surface area contributed by atoms with Crippen molar-refractivity contribution in [2.24, 2.45) is 0 Å². The van der Waals surface area contributed by atoms with E-state index >= 15 is 0 Å². The number of aryl methyl sites for hydroxylation is 2. The fraction of sp³-hybridized carbons (Fsp3) is 0.150. The highest BCUT2D eigenvalue weighted by molar-refractivity contribution is 7.08. The Hall–Kier alpha value is -2.39. The summed E-state index contributed by atoms with van der Waals surface area (Å²) in [5, 5.41) is 4.26. The van der Waals surface area contributed by atoms with E-state index in [0.717, 1.165) is 18.4 Å². The molecule has 0 radical (unpaired) electrons. The first-order valence-electron chi connectivity index (χ1n) is 7.55. The lowest BCUT2D eigenvalue weighted by Gasteiger charge is -2.06. The Morgan fingerprint density at radius 1 is 0.957 bits per heavy atom. The zero-order valence-electron chi connectivity index (χ0n) is 13.0. The van der Waals surface area contributed by atoms with Crippen LogP contribution in [0.15, 0.2) is 65.4 Å². The topological polar surface area (TPSA) is 26.3 Å². The van der Waals surface area contributed by atoms with Crippen molar-refractivity contribution in [2.75, 3.05) is 7.11 Å². The second-order valence-corrected chi connectivity index (χ2v) is 6.18. The van der Waals surface area contributed by atoms with Crippen LogP contribution in [0.2, 0.25) is 0 Å². The molecule has 0 atom stereocenters. The van der Waals surface area contributed by atoms with E-state index in [0.29, 0.717) is 5.56 Å². The molecular formula is C20H18O2S. The Morgan fingerprint density at radius 2 is 1.70 bits per heavy atom. The van der Waals surface area contributed by atoms with Gasteiger partial charge in [-0.3, -0.25) is 0 Å². The first kappa shape index (κ1) is 15.5. The number of ether oxygens (including phenoxy) is 1. The zero-order valence-corrected chi connectivity index (χ0v) is 13.8. The smallest absolute Gasteiger partial charge is 0.337 e. The molecule has 0 unspecified atom stereocenters. The summed E-state index contributed by atoms with van der Waals surface area (Å²) < 4.78 is 4.77. The first-order valence-corrected chi connectivity index (χ1v) is 8.49. The molecule has 0 saturated carbocycles. The number of esters is 1. The molecule has 1 heterocycles. The summed E-state index contributed by atoms with van der Waals surface area (Å²) in [6.45, 7) is 0. The van der Waals surface area contributed by atoms with Crippen LogP contribution >= 0.6 is 11.3 Å². The molecule has 0 fully saturated rings. The molecule has 2 nitrogen and oxygen atoms in total. The molecule has 3 aromatic rings. The van der Waals surface area contributed by atoms with Crippen LogP contribution in [0.3, 0.4) is 0 Å². The standard InChI is InChI=1S/C20H18O2S/c1-22-20(21)18-7-3-5-16(13-18)9-8-15-4-2-6-17(12-15)19-10-11-23-14-19/h2-7,10-14H,8-9H2,1H3. The molecule has 0 N–H and O–H groups in total. The lowest BCUT2D eigenvalue weighted by molar-refractivity contribution is 0.0600. The van der Waals surface area contributed by atoms with Crippen LogP contribution < -0.4 is 0 Å². The summed E-state index contributed by atoms with van der Waals surface area (Å²) in [4.78, 5) is 11.6. The number of carbonyl (C=O) groups excluding carboxylic acids is 1. The monoisotopic (exact) mass is 322 g/mol. The molecule has 0 saturated heterocycles. The molecule has 23 heavy (non-hydrogen) atoms. The van der Waals surface area contributed by atoms with E-state index in [2.05, 4.69) is 47.2 Å². The first-order chi connectivity index (χ1) is 11.3. The third-order valence-electron chi connectivity index (χ3n) is 3.83. The van der Waals surface area contributed by atoms with Crippen LogP contribution in [0.5, 0.6) is 0 Å². The van der Waals surface area contributed by atoms with E-state index in [9.17, 15) is 4.79 Å². The largest absolute Gasteiger partial charge is 0.465 e. The maximum atomic E-state index is 11.6. The van der Waals surface area contributed by atoms with Crippen LogP contribution in [-0.4, -0.2) is 13.1 Å². The molecule has 0 aliphatic carbocycles. The van der Waals surface area contributed by atoms with Gasteiger partial charge in [-0.1, -0.05) is 36.4 Å². The lowest BCUT2D eigenvalue weighted by Crippen LogP contribution is -2.02. The van der Waals surface area contributed by atoms with Gasteiger partial charge in [0.1, 0.15) is 0 Å².